The maximum Gasteiger partial charge on any atom is 0.303 e. The molecule has 1 saturated heterocycles. The number of carbonyl (C=O) groups excluding carboxylic acids is 1. The molecule has 1 fully saturated rings. The Hall–Kier alpha value is -4.91. The lowest BCUT2D eigenvalue weighted by Gasteiger charge is -2.42. The van der Waals surface area contributed by atoms with Crippen molar-refractivity contribution < 1.29 is 69.7 Å². The van der Waals surface area contributed by atoms with E-state index in [0.717, 1.165) is 19.1 Å². The van der Waals surface area contributed by atoms with E-state index in [2.05, 4.69) is 9.98 Å². The standard InChI is InChI=1S/C36H40N2O14/c1-18(41)49-35-33(47)31(17-40)52-36(34(35)48)51-29(14-37-12-23-19-6-2-4-8-21(19)25(42)10-27(23)44)30(16-39)50-32(46)15-38-13-24-20-7-3-5-9-22(20)26(43)11-28(24)45/h2-13,29-36,39-40,42-48H,14-17H2,1H3/t29-,30-,31+,32-,33+,34+,35-,36+/m1/s1. The Bertz CT molecular complexity index is 1920. The summed E-state index contributed by atoms with van der Waals surface area (Å²) in [5.41, 5.74) is 0.506. The number of hydrogen-bond acceptors (Lipinski definition) is 16. The van der Waals surface area contributed by atoms with E-state index in [9.17, 15) is 50.8 Å². The average Bonchev–Trinajstić information content (AvgIpc) is 3.12. The van der Waals surface area contributed by atoms with Crippen LogP contribution in [-0.2, 0) is 23.7 Å². The van der Waals surface area contributed by atoms with Crippen LogP contribution in [0.4, 0.5) is 0 Å². The van der Waals surface area contributed by atoms with Gasteiger partial charge in [-0.25, -0.2) is 0 Å². The molecular weight excluding hydrogens is 684 g/mol. The van der Waals surface area contributed by atoms with Gasteiger partial charge in [-0.3, -0.25) is 14.8 Å². The summed E-state index contributed by atoms with van der Waals surface area (Å²) < 4.78 is 22.3. The molecule has 0 amide bonds. The van der Waals surface area contributed by atoms with Gasteiger partial charge in [0.05, 0.1) is 26.3 Å². The van der Waals surface area contributed by atoms with Crippen molar-refractivity contribution in [3.63, 3.8) is 0 Å². The first kappa shape index (κ1) is 38.3. The lowest BCUT2D eigenvalue weighted by Crippen LogP contribution is -2.61. The van der Waals surface area contributed by atoms with Crippen LogP contribution in [0.1, 0.15) is 18.1 Å². The fourth-order valence-corrected chi connectivity index (χ4v) is 5.89. The summed E-state index contributed by atoms with van der Waals surface area (Å²) in [6, 6.07) is 15.8. The van der Waals surface area contributed by atoms with Gasteiger partial charge in [0.2, 0.25) is 0 Å². The smallest absolute Gasteiger partial charge is 0.303 e. The lowest BCUT2D eigenvalue weighted by molar-refractivity contribution is -0.322. The Kier molecular flexibility index (Phi) is 12.6. The molecule has 16 heteroatoms. The van der Waals surface area contributed by atoms with Gasteiger partial charge in [-0.05, 0) is 10.8 Å². The van der Waals surface area contributed by atoms with Gasteiger partial charge in [0.15, 0.2) is 18.7 Å². The molecule has 1 heterocycles. The zero-order valence-electron chi connectivity index (χ0n) is 27.8. The molecule has 1 aliphatic heterocycles. The van der Waals surface area contributed by atoms with Crippen molar-refractivity contribution >= 4 is 39.9 Å². The molecule has 8 atom stereocenters. The van der Waals surface area contributed by atoms with E-state index in [1.165, 1.54) is 12.4 Å². The number of aromatic hydroxyl groups is 4. The lowest BCUT2D eigenvalue weighted by atomic mass is 9.99. The number of benzene rings is 4. The van der Waals surface area contributed by atoms with Crippen molar-refractivity contribution in [2.24, 2.45) is 9.98 Å². The van der Waals surface area contributed by atoms with Crippen LogP contribution >= 0.6 is 0 Å². The number of ether oxygens (including phenoxy) is 4. The van der Waals surface area contributed by atoms with Crippen molar-refractivity contribution in [3.05, 3.63) is 71.8 Å². The topological polar surface area (TPSA) is 261 Å². The minimum atomic E-state index is -1.79. The van der Waals surface area contributed by atoms with Gasteiger partial charge in [0.25, 0.3) is 0 Å². The van der Waals surface area contributed by atoms with E-state index < -0.39 is 74.9 Å². The van der Waals surface area contributed by atoms with Crippen LogP contribution in [0.25, 0.3) is 21.5 Å². The van der Waals surface area contributed by atoms with Gasteiger partial charge in [-0.1, -0.05) is 48.5 Å². The van der Waals surface area contributed by atoms with Crippen molar-refractivity contribution in [1.82, 2.24) is 0 Å². The zero-order chi connectivity index (χ0) is 37.5. The Balaban J connectivity index is 1.39. The van der Waals surface area contributed by atoms with Crippen LogP contribution in [0, 0.1) is 0 Å². The summed E-state index contributed by atoms with van der Waals surface area (Å²) in [5.74, 6) is -1.67. The van der Waals surface area contributed by atoms with Crippen LogP contribution in [0.15, 0.2) is 70.6 Å². The third-order valence-electron chi connectivity index (χ3n) is 8.43. The zero-order valence-corrected chi connectivity index (χ0v) is 27.8. The fraction of sp³-hybridized carbons (Fsp3) is 0.361. The van der Waals surface area contributed by atoms with Gasteiger partial charge in [-0.2, -0.15) is 0 Å². The third-order valence-corrected chi connectivity index (χ3v) is 8.43. The number of aliphatic hydroxyl groups is 5. The van der Waals surface area contributed by atoms with E-state index in [0.29, 0.717) is 21.5 Å². The molecule has 0 saturated carbocycles. The van der Waals surface area contributed by atoms with Crippen LogP contribution in [-0.4, -0.2) is 140 Å². The Morgan fingerprint density at radius 3 is 1.81 bits per heavy atom. The number of carbonyl (C=O) groups is 1. The second kappa shape index (κ2) is 17.1. The monoisotopic (exact) mass is 724 g/mol. The minimum Gasteiger partial charge on any atom is -0.507 e. The molecule has 278 valence electrons. The Labute approximate surface area is 296 Å². The molecule has 4 aromatic rings. The first-order chi connectivity index (χ1) is 24.9. The number of phenols is 4. The van der Waals surface area contributed by atoms with E-state index in [-0.39, 0.29) is 40.7 Å². The molecule has 0 unspecified atom stereocenters. The summed E-state index contributed by atoms with van der Waals surface area (Å²) in [5, 5.41) is 95.9. The fourth-order valence-electron chi connectivity index (χ4n) is 5.89. The molecule has 0 bridgehead atoms. The molecule has 0 aromatic heterocycles. The highest BCUT2D eigenvalue weighted by molar-refractivity contribution is 6.05. The number of nitrogens with zero attached hydrogens (tertiary/aromatic N) is 2. The number of aliphatic hydroxyl groups excluding tert-OH is 5. The highest BCUT2D eigenvalue weighted by Gasteiger charge is 2.48. The van der Waals surface area contributed by atoms with Crippen LogP contribution < -0.4 is 0 Å². The number of phenolic OH excluding ortho intramolecular Hbond substituents is 4. The molecule has 4 aromatic carbocycles. The minimum absolute atomic E-state index is 0.132. The second-order valence-corrected chi connectivity index (χ2v) is 12.0. The highest BCUT2D eigenvalue weighted by atomic mass is 16.7. The van der Waals surface area contributed by atoms with Crippen molar-refractivity contribution in [2.75, 3.05) is 26.3 Å². The summed E-state index contributed by atoms with van der Waals surface area (Å²) in [4.78, 5) is 20.2. The van der Waals surface area contributed by atoms with Crippen LogP contribution in [0.2, 0.25) is 0 Å². The van der Waals surface area contributed by atoms with Crippen LogP contribution in [0.5, 0.6) is 23.0 Å². The van der Waals surface area contributed by atoms with E-state index in [4.69, 9.17) is 18.9 Å². The maximum atomic E-state index is 11.7. The summed E-state index contributed by atoms with van der Waals surface area (Å²) >= 11 is 0. The molecule has 16 nitrogen and oxygen atoms in total. The van der Waals surface area contributed by atoms with Gasteiger partial charge in [0.1, 0.15) is 53.5 Å². The van der Waals surface area contributed by atoms with E-state index in [1.807, 2.05) is 0 Å². The molecule has 5 rings (SSSR count). The normalized spacial score (nSPS) is 22.6. The quantitative estimate of drug-likeness (QED) is 0.0495. The predicted octanol–water partition coefficient (Wildman–Crippen LogP) is 0.805. The van der Waals surface area contributed by atoms with Gasteiger partial charge >= 0.3 is 5.97 Å². The molecule has 1 aliphatic rings. The first-order valence-electron chi connectivity index (χ1n) is 16.2. The highest BCUT2D eigenvalue weighted by Crippen LogP contribution is 2.35. The number of esters is 1. The SMILES string of the molecule is CC(=O)O[C@H]1[C@H](O)[C@@H](O[C@H](CN=Cc2c(O)cc(O)c3ccccc23)[C@@H](CO)O[C@@H](O)CN=Cc2c(O)cc(O)c3ccccc23)O[C@@H](CO)[C@@H]1O. The molecular formula is C36H40N2O14. The van der Waals surface area contributed by atoms with Crippen molar-refractivity contribution in [1.29, 1.82) is 0 Å². The second-order valence-electron chi connectivity index (χ2n) is 12.0. The first-order valence-corrected chi connectivity index (χ1v) is 16.2. The molecule has 0 spiro atoms. The summed E-state index contributed by atoms with van der Waals surface area (Å²) in [6.07, 6.45) is -9.85. The van der Waals surface area contributed by atoms with Gasteiger partial charge in [0, 0.05) is 53.4 Å². The Morgan fingerprint density at radius 2 is 1.31 bits per heavy atom. The van der Waals surface area contributed by atoms with Crippen molar-refractivity contribution in [3.8, 4) is 23.0 Å². The third kappa shape index (κ3) is 8.58. The summed E-state index contributed by atoms with van der Waals surface area (Å²) in [7, 11) is 0. The summed E-state index contributed by atoms with van der Waals surface area (Å²) in [6.45, 7) is -1.22. The number of fused-ring (bicyclic) bond motifs is 2. The number of aliphatic imine (C=N–C) groups is 2. The van der Waals surface area contributed by atoms with Gasteiger partial charge < -0.3 is 64.9 Å². The largest absolute Gasteiger partial charge is 0.507 e. The average molecular weight is 725 g/mol. The van der Waals surface area contributed by atoms with E-state index >= 15 is 0 Å². The molecule has 0 radical (unpaired) electrons. The number of rotatable bonds is 14. The predicted molar refractivity (Wildman–Crippen MR) is 186 cm³/mol. The maximum absolute atomic E-state index is 11.7. The Morgan fingerprint density at radius 1 is 0.788 bits per heavy atom. The molecule has 52 heavy (non-hydrogen) atoms. The molecule has 9 N–H and O–H groups in total. The van der Waals surface area contributed by atoms with Gasteiger partial charge in [-0.15, -0.1) is 0 Å². The van der Waals surface area contributed by atoms with Crippen molar-refractivity contribution in [2.45, 2.75) is 56.1 Å². The van der Waals surface area contributed by atoms with Crippen LogP contribution in [0.3, 0.4) is 0 Å². The molecule has 0 aliphatic carbocycles. The van der Waals surface area contributed by atoms with E-state index in [1.54, 1.807) is 48.5 Å². The number of hydrogen-bond donors (Lipinski definition) is 9.